The lowest BCUT2D eigenvalue weighted by Gasteiger charge is -2.55. The number of amides is 3. The van der Waals surface area contributed by atoms with Crippen LogP contribution in [0.1, 0.15) is 119 Å². The lowest BCUT2D eigenvalue weighted by Crippen LogP contribution is -2.72. The van der Waals surface area contributed by atoms with Gasteiger partial charge in [-0.15, -0.1) is 0 Å². The molecule has 0 saturated carbocycles. The van der Waals surface area contributed by atoms with E-state index in [0.717, 1.165) is 83.5 Å². The molecule has 0 aliphatic carbocycles. The van der Waals surface area contributed by atoms with Gasteiger partial charge in [-0.2, -0.15) is 0 Å². The van der Waals surface area contributed by atoms with E-state index >= 15 is 14.4 Å². The second kappa shape index (κ2) is 25.4. The fourth-order valence-electron chi connectivity index (χ4n) is 15.8. The van der Waals surface area contributed by atoms with Crippen molar-refractivity contribution in [3.8, 4) is 0 Å². The molecule has 11 nitrogen and oxygen atoms in total. The van der Waals surface area contributed by atoms with Crippen LogP contribution < -0.4 is 0 Å². The van der Waals surface area contributed by atoms with Crippen LogP contribution in [0.4, 0.5) is 4.39 Å². The molecule has 0 spiro atoms. The number of para-hydroxylation sites is 3. The Hall–Kier alpha value is -8.58. The van der Waals surface area contributed by atoms with Gasteiger partial charge in [-0.25, -0.2) is 4.39 Å². The molecule has 6 heterocycles. The summed E-state index contributed by atoms with van der Waals surface area (Å²) in [5, 5.41) is 3.70. The predicted molar refractivity (Wildman–Crippen MR) is 358 cm³/mol. The van der Waals surface area contributed by atoms with E-state index in [4.69, 9.17) is 11.6 Å². The maximum absolute atomic E-state index is 17.6. The van der Waals surface area contributed by atoms with Crippen molar-refractivity contribution < 1.29 is 23.6 Å². The molecule has 3 amide bonds. The van der Waals surface area contributed by atoms with Gasteiger partial charge in [0.25, 0.3) is 11.8 Å². The molecule has 10 aromatic rings. The summed E-state index contributed by atoms with van der Waals surface area (Å²) in [6.45, 7) is 8.48. The van der Waals surface area contributed by atoms with E-state index in [0.29, 0.717) is 85.9 Å². The van der Waals surface area contributed by atoms with Crippen LogP contribution in [-0.4, -0.2) is 117 Å². The number of halogens is 2. The number of hydrogen-bond donors (Lipinski definition) is 0. The summed E-state index contributed by atoms with van der Waals surface area (Å²) in [5.74, 6) is -1.24. The zero-order chi connectivity index (χ0) is 62.3. The van der Waals surface area contributed by atoms with Crippen LogP contribution >= 0.6 is 11.6 Å². The SMILES string of the molecule is CCCCn1cc(C2CCN(C(C(=O)N3CCC(c4cn(Cc5cccc(F)c5)c5ccccc45)C3)C(c3ccccc3)(c3ccc(CCC)cc3)C(C=O)(C(=O)N(C)C)n3cc(C4CCN(C(=O)c5ccc(Cl)cc5)C4)c4ccccc43)C2)c2ccccc21. The van der Waals surface area contributed by atoms with Crippen LogP contribution in [0.15, 0.2) is 195 Å². The van der Waals surface area contributed by atoms with Crippen molar-refractivity contribution in [2.24, 2.45) is 0 Å². The minimum Gasteiger partial charge on any atom is -0.347 e. The van der Waals surface area contributed by atoms with Gasteiger partial charge in [0, 0.05) is 134 Å². The summed E-state index contributed by atoms with van der Waals surface area (Å²) in [7, 11) is 3.44. The third-order valence-corrected chi connectivity index (χ3v) is 20.3. The fourth-order valence-corrected chi connectivity index (χ4v) is 15.9. The summed E-state index contributed by atoms with van der Waals surface area (Å²) in [6, 6.07) is 56.0. The second-order valence-electron chi connectivity index (χ2n) is 25.6. The number of carbonyl (C=O) groups excluding carboxylic acids is 4. The highest BCUT2D eigenvalue weighted by Crippen LogP contribution is 2.55. The predicted octanol–water partition coefficient (Wildman–Crippen LogP) is 14.6. The Morgan fingerprint density at radius 1 is 0.600 bits per heavy atom. The number of benzene rings is 7. The summed E-state index contributed by atoms with van der Waals surface area (Å²) in [6.07, 6.45) is 13.3. The van der Waals surface area contributed by atoms with Gasteiger partial charge in [-0.05, 0) is 138 Å². The molecule has 6 unspecified atom stereocenters. The van der Waals surface area contributed by atoms with Gasteiger partial charge in [-0.1, -0.05) is 160 Å². The third-order valence-electron chi connectivity index (χ3n) is 20.1. The summed E-state index contributed by atoms with van der Waals surface area (Å²) in [4.78, 5) is 72.9. The minimum absolute atomic E-state index is 0.000821. The summed E-state index contributed by atoms with van der Waals surface area (Å²) in [5.41, 5.74) is 6.00. The lowest BCUT2D eigenvalue weighted by molar-refractivity contribution is -0.151. The fraction of sp³-hybridized carbons (Fsp3) is 0.325. The number of rotatable bonds is 20. The Balaban J connectivity index is 1.03. The first-order valence-electron chi connectivity index (χ1n) is 32.3. The highest BCUT2D eigenvalue weighted by atomic mass is 35.5. The molecule has 6 atom stereocenters. The van der Waals surface area contributed by atoms with E-state index in [-0.39, 0.29) is 35.4 Å². The van der Waals surface area contributed by atoms with E-state index in [1.165, 1.54) is 22.5 Å². The number of aromatic nitrogens is 3. The molecule has 460 valence electrons. The molecule has 3 aliphatic rings. The smallest absolute Gasteiger partial charge is 0.257 e. The average molecular weight is 1220 g/mol. The number of aldehydes is 1. The Kier molecular flexibility index (Phi) is 17.0. The van der Waals surface area contributed by atoms with Gasteiger partial charge in [0.1, 0.15) is 11.9 Å². The summed E-state index contributed by atoms with van der Waals surface area (Å²) >= 11 is 6.29. The van der Waals surface area contributed by atoms with Crippen molar-refractivity contribution in [3.63, 3.8) is 0 Å². The number of nitrogens with zero attached hydrogens (tertiary/aromatic N) is 7. The zero-order valence-corrected chi connectivity index (χ0v) is 52.7. The van der Waals surface area contributed by atoms with Crippen molar-refractivity contribution in [2.45, 2.75) is 107 Å². The van der Waals surface area contributed by atoms with Crippen LogP contribution in [0, 0.1) is 5.82 Å². The number of hydrogen-bond acceptors (Lipinski definition) is 5. The van der Waals surface area contributed by atoms with Crippen molar-refractivity contribution in [1.29, 1.82) is 0 Å². The van der Waals surface area contributed by atoms with E-state index in [1.807, 2.05) is 81.2 Å². The van der Waals surface area contributed by atoms with Crippen LogP contribution in [0.5, 0.6) is 0 Å². The molecule has 3 aromatic heterocycles. The molecule has 3 saturated heterocycles. The van der Waals surface area contributed by atoms with E-state index in [2.05, 4.69) is 113 Å². The average Bonchev–Trinajstić information content (AvgIpc) is 1.06. The van der Waals surface area contributed by atoms with Crippen molar-refractivity contribution in [1.82, 2.24) is 33.3 Å². The number of likely N-dealkylation sites (N-methyl/N-ethyl adjacent to an activating group) is 1. The quantitative estimate of drug-likeness (QED) is 0.0559. The standard InChI is InChI=1S/C77H79ClFN7O4/c1-5-7-40-81-49-66(63-23-11-14-26-69(63)81)56-37-41-82(46-56)72(74(89)84-43-39-57(48-84)67-50-85(70-27-15-12-24-64(67)70)45-54-19-17-22-62(79)44-54)77(59-20-9-8-10-21-59,60-33-29-53(18-6-2)30-34-60)76(52-87,75(90)80(3)4)86-51-68(65-25-13-16-28-71(65)86)58-38-42-83(47-58)73(88)55-31-35-61(78)36-32-55/h8-17,19-36,44,49-52,56-58,72H,5-7,18,37-43,45-48H2,1-4H3. The van der Waals surface area contributed by atoms with Gasteiger partial charge in [0.05, 0.1) is 5.41 Å². The first-order chi connectivity index (χ1) is 43.9. The van der Waals surface area contributed by atoms with Gasteiger partial charge in [0.2, 0.25) is 5.91 Å². The van der Waals surface area contributed by atoms with Gasteiger partial charge in [-0.3, -0.25) is 19.3 Å². The molecule has 13 heteroatoms. The van der Waals surface area contributed by atoms with Crippen LogP contribution in [0.25, 0.3) is 32.7 Å². The third kappa shape index (κ3) is 10.6. The number of unbranched alkanes of at least 4 members (excludes halogenated alkanes) is 1. The zero-order valence-electron chi connectivity index (χ0n) is 52.0. The van der Waals surface area contributed by atoms with Crippen molar-refractivity contribution >= 4 is 68.3 Å². The molecule has 0 radical (unpaired) electrons. The maximum Gasteiger partial charge on any atom is 0.257 e. The topological polar surface area (TPSA) is 96.0 Å². The number of carbonyl (C=O) groups is 4. The highest BCUT2D eigenvalue weighted by molar-refractivity contribution is 6.30. The Labute approximate surface area is 532 Å². The maximum atomic E-state index is 17.6. The molecule has 13 rings (SSSR count). The van der Waals surface area contributed by atoms with Crippen molar-refractivity contribution in [3.05, 3.63) is 250 Å². The molecular formula is C77H79ClFN7O4. The Morgan fingerprint density at radius 2 is 1.17 bits per heavy atom. The monoisotopic (exact) mass is 1220 g/mol. The van der Waals surface area contributed by atoms with Gasteiger partial charge in [0.15, 0.2) is 11.8 Å². The normalized spacial score (nSPS) is 18.8. The highest BCUT2D eigenvalue weighted by Gasteiger charge is 2.68. The van der Waals surface area contributed by atoms with E-state index in [9.17, 15) is 9.18 Å². The molecule has 3 aliphatic heterocycles. The second-order valence-corrected chi connectivity index (χ2v) is 26.0. The Bertz CT molecular complexity index is 4270. The molecular weight excluding hydrogens is 1140 g/mol. The van der Waals surface area contributed by atoms with Crippen LogP contribution in [0.3, 0.4) is 0 Å². The largest absolute Gasteiger partial charge is 0.347 e. The van der Waals surface area contributed by atoms with Gasteiger partial charge < -0.3 is 33.2 Å². The molecule has 0 bridgehead atoms. The molecule has 3 fully saturated rings. The molecule has 0 N–H and O–H groups in total. The van der Waals surface area contributed by atoms with Crippen molar-refractivity contribution in [2.75, 3.05) is 53.4 Å². The molecule has 90 heavy (non-hydrogen) atoms. The van der Waals surface area contributed by atoms with Crippen LogP contribution in [0.2, 0.25) is 5.02 Å². The van der Waals surface area contributed by atoms with E-state index < -0.39 is 22.9 Å². The summed E-state index contributed by atoms with van der Waals surface area (Å²) < 4.78 is 21.2. The number of fused-ring (bicyclic) bond motifs is 3. The van der Waals surface area contributed by atoms with Crippen LogP contribution in [-0.2, 0) is 44.8 Å². The first-order valence-corrected chi connectivity index (χ1v) is 32.7. The van der Waals surface area contributed by atoms with E-state index in [1.54, 1.807) is 55.4 Å². The number of aryl methyl sites for hydroxylation is 2. The Morgan fingerprint density at radius 3 is 1.81 bits per heavy atom. The van der Waals surface area contributed by atoms with Gasteiger partial charge >= 0.3 is 0 Å². The minimum atomic E-state index is -2.20. The lowest BCUT2D eigenvalue weighted by atomic mass is 9.56. The number of likely N-dealkylation sites (tertiary alicyclic amines) is 3. The molecule has 7 aromatic carbocycles. The first kappa shape index (κ1) is 60.3.